The summed E-state index contributed by atoms with van der Waals surface area (Å²) in [7, 11) is 0. The van der Waals surface area contributed by atoms with E-state index in [-0.39, 0.29) is 6.04 Å². The van der Waals surface area contributed by atoms with Crippen LogP contribution in [0.25, 0.3) is 0 Å². The van der Waals surface area contributed by atoms with Crippen molar-refractivity contribution >= 4 is 11.3 Å². The molecule has 2 heterocycles. The molecule has 1 fully saturated rings. The highest BCUT2D eigenvalue weighted by atomic mass is 32.1. The van der Waals surface area contributed by atoms with Crippen LogP contribution in [0.4, 0.5) is 0 Å². The molecule has 3 atom stereocenters. The lowest BCUT2D eigenvalue weighted by atomic mass is 9.95. The number of rotatable bonds is 5. The molecule has 1 aromatic heterocycles. The van der Waals surface area contributed by atoms with Gasteiger partial charge in [-0.05, 0) is 53.9 Å². The number of nitrogens with zero attached hydrogens (tertiary/aromatic N) is 2. The van der Waals surface area contributed by atoms with E-state index < -0.39 is 0 Å². The third kappa shape index (κ3) is 3.56. The fourth-order valence-electron chi connectivity index (χ4n) is 3.71. The fourth-order valence-corrected chi connectivity index (χ4v) is 4.38. The van der Waals surface area contributed by atoms with Gasteiger partial charge in [-0.15, -0.1) is 6.58 Å². The summed E-state index contributed by atoms with van der Waals surface area (Å²) in [6.07, 6.45) is 1.99. The second-order valence-corrected chi connectivity index (χ2v) is 7.47. The van der Waals surface area contributed by atoms with E-state index in [2.05, 4.69) is 53.1 Å². The van der Waals surface area contributed by atoms with E-state index in [0.717, 1.165) is 25.2 Å². The maximum Gasteiger partial charge on any atom is 0.115 e. The number of benzene rings is 1. The molecule has 128 valence electrons. The van der Waals surface area contributed by atoms with Crippen LogP contribution in [0.3, 0.4) is 0 Å². The second kappa shape index (κ2) is 7.51. The molecule has 0 saturated carbocycles. The molecule has 0 radical (unpaired) electrons. The first-order valence-corrected chi connectivity index (χ1v) is 9.46. The highest BCUT2D eigenvalue weighted by Gasteiger charge is 2.34. The van der Waals surface area contributed by atoms with Gasteiger partial charge in [0.2, 0.25) is 0 Å². The smallest absolute Gasteiger partial charge is 0.115 e. The maximum absolute atomic E-state index is 9.95. The normalized spacial score (nSPS) is 23.9. The third-order valence-electron chi connectivity index (χ3n) is 4.90. The molecule has 1 aliphatic heterocycles. The molecule has 1 N–H and O–H groups in total. The van der Waals surface area contributed by atoms with Crippen molar-refractivity contribution in [3.8, 4) is 5.75 Å². The molecule has 1 saturated heterocycles. The van der Waals surface area contributed by atoms with Crippen LogP contribution in [0, 0.1) is 0 Å². The molecule has 0 bridgehead atoms. The lowest BCUT2D eigenvalue weighted by Gasteiger charge is -2.47. The molecule has 0 spiro atoms. The van der Waals surface area contributed by atoms with Gasteiger partial charge in [-0.25, -0.2) is 0 Å². The van der Waals surface area contributed by atoms with Gasteiger partial charge in [0.05, 0.1) is 6.04 Å². The molecule has 2 aromatic rings. The van der Waals surface area contributed by atoms with Crippen LogP contribution in [0.2, 0.25) is 0 Å². The molecular formula is C20H26N2OS. The van der Waals surface area contributed by atoms with Crippen LogP contribution in [0.5, 0.6) is 5.75 Å². The van der Waals surface area contributed by atoms with Crippen molar-refractivity contribution in [1.29, 1.82) is 0 Å². The average molecular weight is 343 g/mol. The van der Waals surface area contributed by atoms with Crippen LogP contribution in [-0.4, -0.2) is 46.6 Å². The highest BCUT2D eigenvalue weighted by molar-refractivity contribution is 7.08. The number of aromatic hydroxyl groups is 1. The van der Waals surface area contributed by atoms with Gasteiger partial charge in [0.1, 0.15) is 5.75 Å². The topological polar surface area (TPSA) is 26.7 Å². The number of hydrogen-bond donors (Lipinski definition) is 1. The first-order chi connectivity index (χ1) is 11.6. The van der Waals surface area contributed by atoms with Crippen molar-refractivity contribution < 1.29 is 5.11 Å². The summed E-state index contributed by atoms with van der Waals surface area (Å²) in [6, 6.07) is 11.0. The Morgan fingerprint density at radius 2 is 2.08 bits per heavy atom. The van der Waals surface area contributed by atoms with Gasteiger partial charge in [-0.2, -0.15) is 11.3 Å². The summed E-state index contributed by atoms with van der Waals surface area (Å²) in [5, 5.41) is 14.3. The Morgan fingerprint density at radius 3 is 2.75 bits per heavy atom. The van der Waals surface area contributed by atoms with E-state index in [4.69, 9.17) is 0 Å². The maximum atomic E-state index is 9.95. The minimum Gasteiger partial charge on any atom is -0.508 e. The minimum atomic E-state index is 0.187. The van der Waals surface area contributed by atoms with Crippen LogP contribution >= 0.6 is 11.3 Å². The molecule has 0 aliphatic carbocycles. The van der Waals surface area contributed by atoms with E-state index in [1.807, 2.05) is 18.2 Å². The van der Waals surface area contributed by atoms with Crippen LogP contribution in [-0.2, 0) is 0 Å². The zero-order valence-electron chi connectivity index (χ0n) is 14.4. The number of phenolic OH excluding ortho intramolecular Hbond substituents is 1. The first-order valence-electron chi connectivity index (χ1n) is 8.52. The first kappa shape index (κ1) is 17.2. The number of phenols is 1. The average Bonchev–Trinajstić information content (AvgIpc) is 3.06. The van der Waals surface area contributed by atoms with Gasteiger partial charge >= 0.3 is 0 Å². The number of hydrogen-bond acceptors (Lipinski definition) is 4. The van der Waals surface area contributed by atoms with Crippen molar-refractivity contribution in [2.45, 2.75) is 32.0 Å². The monoisotopic (exact) mass is 342 g/mol. The van der Waals surface area contributed by atoms with Gasteiger partial charge in [-0.1, -0.05) is 18.2 Å². The predicted octanol–water partition coefficient (Wildman–Crippen LogP) is 4.12. The second-order valence-electron chi connectivity index (χ2n) is 6.69. The summed E-state index contributed by atoms with van der Waals surface area (Å²) < 4.78 is 0. The number of thiophene rings is 1. The zero-order valence-corrected chi connectivity index (χ0v) is 15.2. The number of piperazine rings is 1. The van der Waals surface area contributed by atoms with Gasteiger partial charge in [0.15, 0.2) is 0 Å². The summed E-state index contributed by atoms with van der Waals surface area (Å²) in [4.78, 5) is 5.06. The van der Waals surface area contributed by atoms with Crippen LogP contribution in [0.15, 0.2) is 53.7 Å². The largest absolute Gasteiger partial charge is 0.508 e. The van der Waals surface area contributed by atoms with Crippen LogP contribution < -0.4 is 0 Å². The van der Waals surface area contributed by atoms with Crippen molar-refractivity contribution in [3.63, 3.8) is 0 Å². The Kier molecular flexibility index (Phi) is 5.39. The molecule has 0 amide bonds. The minimum absolute atomic E-state index is 0.187. The quantitative estimate of drug-likeness (QED) is 0.828. The molecule has 24 heavy (non-hydrogen) atoms. The summed E-state index contributed by atoms with van der Waals surface area (Å²) in [5.41, 5.74) is 2.46. The molecule has 1 aliphatic rings. The Balaban J connectivity index is 1.93. The summed E-state index contributed by atoms with van der Waals surface area (Å²) in [5.74, 6) is 0.332. The van der Waals surface area contributed by atoms with E-state index in [1.165, 1.54) is 5.56 Å². The lowest BCUT2D eigenvalue weighted by Crippen LogP contribution is -2.57. The van der Waals surface area contributed by atoms with Crippen molar-refractivity contribution in [2.24, 2.45) is 0 Å². The predicted molar refractivity (Wildman–Crippen MR) is 102 cm³/mol. The molecule has 3 unspecified atom stereocenters. The van der Waals surface area contributed by atoms with Crippen molar-refractivity contribution in [3.05, 3.63) is 64.9 Å². The lowest BCUT2D eigenvalue weighted by molar-refractivity contribution is 0.0307. The van der Waals surface area contributed by atoms with E-state index in [0.29, 0.717) is 17.8 Å². The molecule has 1 aromatic carbocycles. The molecule has 3 rings (SSSR count). The van der Waals surface area contributed by atoms with Crippen LogP contribution in [0.1, 0.15) is 31.0 Å². The van der Waals surface area contributed by atoms with Gasteiger partial charge in [0, 0.05) is 31.7 Å². The standard InChI is InChI=1S/C20H26N2OS/c1-4-9-21-12-16(3)22(13-15(21)2)20(18-8-10-24-14-18)17-6-5-7-19(23)11-17/h4-8,10-11,14-16,20,23H,1,9,12-13H2,2-3H3. The molecule has 4 heteroatoms. The highest BCUT2D eigenvalue weighted by Crippen LogP contribution is 2.35. The van der Waals surface area contributed by atoms with Gasteiger partial charge < -0.3 is 5.11 Å². The molecular weight excluding hydrogens is 316 g/mol. The summed E-state index contributed by atoms with van der Waals surface area (Å²) in [6.45, 7) is 11.4. The Labute approximate surface area is 148 Å². The Morgan fingerprint density at radius 1 is 1.25 bits per heavy atom. The van der Waals surface area contributed by atoms with Gasteiger partial charge in [-0.3, -0.25) is 9.80 Å². The van der Waals surface area contributed by atoms with E-state index in [9.17, 15) is 5.11 Å². The Hall–Kier alpha value is -1.62. The SMILES string of the molecule is C=CCN1CC(C)N(C(c2ccsc2)c2cccc(O)c2)CC1C. The van der Waals surface area contributed by atoms with Crippen molar-refractivity contribution in [2.75, 3.05) is 19.6 Å². The third-order valence-corrected chi connectivity index (χ3v) is 5.60. The molecule has 3 nitrogen and oxygen atoms in total. The summed E-state index contributed by atoms with van der Waals surface area (Å²) >= 11 is 1.73. The van der Waals surface area contributed by atoms with Gasteiger partial charge in [0.25, 0.3) is 0 Å². The van der Waals surface area contributed by atoms with E-state index in [1.54, 1.807) is 17.4 Å². The Bertz CT molecular complexity index is 670. The van der Waals surface area contributed by atoms with Crippen molar-refractivity contribution in [1.82, 2.24) is 9.80 Å². The fraction of sp³-hybridized carbons (Fsp3) is 0.400. The van der Waals surface area contributed by atoms with E-state index >= 15 is 0 Å². The zero-order chi connectivity index (χ0) is 17.1.